The fraction of sp³-hybridized carbons (Fsp3) is 0.929. The molecule has 3 saturated heterocycles. The lowest BCUT2D eigenvalue weighted by atomic mass is 9.74. The fourth-order valence-corrected chi connectivity index (χ4v) is 3.76. The molecule has 1 amide bonds. The van der Waals surface area contributed by atoms with Crippen LogP contribution in [0.4, 0.5) is 0 Å². The van der Waals surface area contributed by atoms with E-state index in [1.165, 1.54) is 25.7 Å². The van der Waals surface area contributed by atoms with Crippen molar-refractivity contribution in [2.45, 2.75) is 32.1 Å². The van der Waals surface area contributed by atoms with Crippen LogP contribution in [-0.4, -0.2) is 50.2 Å². The van der Waals surface area contributed by atoms with Crippen molar-refractivity contribution in [3.05, 3.63) is 0 Å². The average Bonchev–Trinajstić information content (AvgIpc) is 2.93. The van der Waals surface area contributed by atoms with Gasteiger partial charge in [-0.2, -0.15) is 0 Å². The summed E-state index contributed by atoms with van der Waals surface area (Å²) in [5.74, 6) is 0.480. The van der Waals surface area contributed by atoms with Gasteiger partial charge >= 0.3 is 0 Å². The Labute approximate surface area is 109 Å². The molecular formula is C14H24N2O2. The fourth-order valence-electron chi connectivity index (χ4n) is 3.76. The van der Waals surface area contributed by atoms with E-state index in [1.807, 2.05) is 0 Å². The number of ether oxygens (including phenoxy) is 1. The van der Waals surface area contributed by atoms with E-state index < -0.39 is 0 Å². The summed E-state index contributed by atoms with van der Waals surface area (Å²) in [6.45, 7) is 5.56. The molecule has 0 aromatic rings. The van der Waals surface area contributed by atoms with E-state index in [0.717, 1.165) is 39.2 Å². The second kappa shape index (κ2) is 5.17. The normalized spacial score (nSPS) is 37.1. The van der Waals surface area contributed by atoms with Crippen molar-refractivity contribution < 1.29 is 9.53 Å². The first kappa shape index (κ1) is 12.4. The van der Waals surface area contributed by atoms with Crippen molar-refractivity contribution >= 4 is 5.91 Å². The molecule has 1 N–H and O–H groups in total. The Bertz CT molecular complexity index is 301. The number of nitrogens with zero attached hydrogens (tertiary/aromatic N) is 1. The van der Waals surface area contributed by atoms with Gasteiger partial charge in [0.15, 0.2) is 0 Å². The van der Waals surface area contributed by atoms with Gasteiger partial charge in [-0.1, -0.05) is 0 Å². The maximum Gasteiger partial charge on any atom is 0.228 e. The maximum absolute atomic E-state index is 12.5. The van der Waals surface area contributed by atoms with Crippen LogP contribution in [-0.2, 0) is 9.53 Å². The van der Waals surface area contributed by atoms with E-state index >= 15 is 0 Å². The molecule has 18 heavy (non-hydrogen) atoms. The predicted octanol–water partition coefficient (Wildman–Crippen LogP) is 1.02. The number of amides is 1. The van der Waals surface area contributed by atoms with Crippen LogP contribution in [0.2, 0.25) is 0 Å². The SMILES string of the molecule is O=C(C1CCOC1)N1CCCC2(CCCNC2)C1. The van der Waals surface area contributed by atoms with E-state index in [2.05, 4.69) is 10.2 Å². The largest absolute Gasteiger partial charge is 0.381 e. The molecule has 2 unspecified atom stereocenters. The smallest absolute Gasteiger partial charge is 0.228 e. The standard InChI is InChI=1S/C14H24N2O2/c17-13(12-3-8-18-9-12)16-7-2-5-14(11-16)4-1-6-15-10-14/h12,15H,1-11H2. The van der Waals surface area contributed by atoms with Gasteiger partial charge in [0.2, 0.25) is 5.91 Å². The molecule has 0 bridgehead atoms. The highest BCUT2D eigenvalue weighted by Gasteiger charge is 2.39. The zero-order chi connectivity index (χ0) is 12.4. The van der Waals surface area contributed by atoms with Gasteiger partial charge in [-0.3, -0.25) is 4.79 Å². The predicted molar refractivity (Wildman–Crippen MR) is 69.3 cm³/mol. The summed E-state index contributed by atoms with van der Waals surface area (Å²) < 4.78 is 5.35. The Morgan fingerprint density at radius 3 is 2.94 bits per heavy atom. The third-order valence-electron chi connectivity index (χ3n) is 4.81. The molecule has 0 saturated carbocycles. The number of hydrogen-bond donors (Lipinski definition) is 1. The van der Waals surface area contributed by atoms with Gasteiger partial charge in [-0.25, -0.2) is 0 Å². The molecule has 0 radical (unpaired) electrons. The van der Waals surface area contributed by atoms with Gasteiger partial charge in [0.1, 0.15) is 0 Å². The van der Waals surface area contributed by atoms with E-state index in [4.69, 9.17) is 4.74 Å². The number of rotatable bonds is 1. The van der Waals surface area contributed by atoms with Crippen molar-refractivity contribution in [1.82, 2.24) is 10.2 Å². The Hall–Kier alpha value is -0.610. The monoisotopic (exact) mass is 252 g/mol. The van der Waals surface area contributed by atoms with Gasteiger partial charge in [0.25, 0.3) is 0 Å². The van der Waals surface area contributed by atoms with Gasteiger partial charge in [0.05, 0.1) is 12.5 Å². The molecule has 2 atom stereocenters. The molecule has 102 valence electrons. The molecule has 0 aliphatic carbocycles. The second-order valence-electron chi connectivity index (χ2n) is 6.20. The third-order valence-corrected chi connectivity index (χ3v) is 4.81. The zero-order valence-corrected chi connectivity index (χ0v) is 11.1. The molecule has 3 aliphatic rings. The van der Waals surface area contributed by atoms with Crippen LogP contribution in [0.15, 0.2) is 0 Å². The molecule has 1 spiro atoms. The lowest BCUT2D eigenvalue weighted by molar-refractivity contribution is -0.139. The zero-order valence-electron chi connectivity index (χ0n) is 11.1. The second-order valence-corrected chi connectivity index (χ2v) is 6.20. The summed E-state index contributed by atoms with van der Waals surface area (Å²) in [4.78, 5) is 14.6. The molecule has 3 fully saturated rings. The first-order valence-corrected chi connectivity index (χ1v) is 7.36. The number of carbonyl (C=O) groups excluding carboxylic acids is 1. The van der Waals surface area contributed by atoms with E-state index in [1.54, 1.807) is 0 Å². The van der Waals surface area contributed by atoms with Crippen molar-refractivity contribution in [2.75, 3.05) is 39.4 Å². The number of carbonyl (C=O) groups is 1. The third kappa shape index (κ3) is 2.41. The molecular weight excluding hydrogens is 228 g/mol. The average molecular weight is 252 g/mol. The Kier molecular flexibility index (Phi) is 3.57. The summed E-state index contributed by atoms with van der Waals surface area (Å²) in [7, 11) is 0. The molecule has 4 heteroatoms. The van der Waals surface area contributed by atoms with Crippen LogP contribution >= 0.6 is 0 Å². The number of likely N-dealkylation sites (tertiary alicyclic amines) is 1. The number of nitrogens with one attached hydrogen (secondary N) is 1. The van der Waals surface area contributed by atoms with Gasteiger partial charge in [-0.05, 0) is 38.6 Å². The van der Waals surface area contributed by atoms with Gasteiger partial charge < -0.3 is 15.0 Å². The summed E-state index contributed by atoms with van der Waals surface area (Å²) in [6.07, 6.45) is 5.91. The van der Waals surface area contributed by atoms with Crippen molar-refractivity contribution in [2.24, 2.45) is 11.3 Å². The van der Waals surface area contributed by atoms with Crippen molar-refractivity contribution in [1.29, 1.82) is 0 Å². The van der Waals surface area contributed by atoms with Crippen LogP contribution < -0.4 is 5.32 Å². The van der Waals surface area contributed by atoms with Gasteiger partial charge in [0, 0.05) is 31.7 Å². The molecule has 3 heterocycles. The lowest BCUT2D eigenvalue weighted by Gasteiger charge is -2.46. The van der Waals surface area contributed by atoms with Crippen LogP contribution in [0.1, 0.15) is 32.1 Å². The molecule has 0 aromatic carbocycles. The van der Waals surface area contributed by atoms with Crippen LogP contribution in [0.25, 0.3) is 0 Å². The topological polar surface area (TPSA) is 41.6 Å². The molecule has 3 aliphatic heterocycles. The van der Waals surface area contributed by atoms with E-state index in [9.17, 15) is 4.79 Å². The minimum absolute atomic E-state index is 0.136. The van der Waals surface area contributed by atoms with Gasteiger partial charge in [-0.15, -0.1) is 0 Å². The first-order valence-electron chi connectivity index (χ1n) is 7.36. The molecule has 3 rings (SSSR count). The molecule has 4 nitrogen and oxygen atoms in total. The Morgan fingerprint density at radius 1 is 1.33 bits per heavy atom. The summed E-state index contributed by atoms with van der Waals surface area (Å²) in [5, 5.41) is 3.51. The highest BCUT2D eigenvalue weighted by molar-refractivity contribution is 5.79. The number of hydrogen-bond acceptors (Lipinski definition) is 3. The highest BCUT2D eigenvalue weighted by Crippen LogP contribution is 2.36. The van der Waals surface area contributed by atoms with Crippen LogP contribution in [0.3, 0.4) is 0 Å². The number of piperidine rings is 2. The summed E-state index contributed by atoms with van der Waals surface area (Å²) in [5.41, 5.74) is 0.367. The van der Waals surface area contributed by atoms with Crippen LogP contribution in [0, 0.1) is 11.3 Å². The van der Waals surface area contributed by atoms with E-state index in [-0.39, 0.29) is 5.92 Å². The molecule has 0 aromatic heterocycles. The van der Waals surface area contributed by atoms with Crippen molar-refractivity contribution in [3.8, 4) is 0 Å². The van der Waals surface area contributed by atoms with Crippen LogP contribution in [0.5, 0.6) is 0 Å². The maximum atomic E-state index is 12.5. The minimum atomic E-state index is 0.136. The van der Waals surface area contributed by atoms with E-state index in [0.29, 0.717) is 17.9 Å². The summed E-state index contributed by atoms with van der Waals surface area (Å²) >= 11 is 0. The van der Waals surface area contributed by atoms with Crippen molar-refractivity contribution in [3.63, 3.8) is 0 Å². The first-order chi connectivity index (χ1) is 8.79. The lowest BCUT2D eigenvalue weighted by Crippen LogP contribution is -2.53. The minimum Gasteiger partial charge on any atom is -0.381 e. The quantitative estimate of drug-likeness (QED) is 0.757. The Morgan fingerprint density at radius 2 is 2.22 bits per heavy atom. The summed E-state index contributed by atoms with van der Waals surface area (Å²) in [6, 6.07) is 0. The Balaban J connectivity index is 1.64. The highest BCUT2D eigenvalue weighted by atomic mass is 16.5.